The average Bonchev–Trinajstić information content (AvgIpc) is 2.54. The van der Waals surface area contributed by atoms with Gasteiger partial charge in [-0.3, -0.25) is 4.79 Å². The van der Waals surface area contributed by atoms with Crippen molar-refractivity contribution in [1.29, 1.82) is 0 Å². The second-order valence-corrected chi connectivity index (χ2v) is 3.08. The van der Waals surface area contributed by atoms with Crippen LogP contribution in [0.3, 0.4) is 0 Å². The van der Waals surface area contributed by atoms with Crippen LogP contribution in [0.5, 0.6) is 0 Å². The van der Waals surface area contributed by atoms with E-state index >= 15 is 0 Å². The van der Waals surface area contributed by atoms with Crippen molar-refractivity contribution < 1.29 is 24.2 Å². The lowest BCUT2D eigenvalue weighted by Gasteiger charge is -2.11. The van der Waals surface area contributed by atoms with Crippen LogP contribution in [0, 0.1) is 0 Å². The summed E-state index contributed by atoms with van der Waals surface area (Å²) in [4.78, 5) is 21.8. The summed E-state index contributed by atoms with van der Waals surface area (Å²) >= 11 is 0. The Balaban J connectivity index is 2.27. The number of esters is 1. The highest BCUT2D eigenvalue weighted by Gasteiger charge is 2.30. The highest BCUT2D eigenvalue weighted by Crippen LogP contribution is 2.07. The van der Waals surface area contributed by atoms with Crippen molar-refractivity contribution in [3.63, 3.8) is 0 Å². The van der Waals surface area contributed by atoms with Crippen LogP contribution in [0.15, 0.2) is 0 Å². The van der Waals surface area contributed by atoms with Crippen LogP contribution < -0.4 is 11.6 Å². The van der Waals surface area contributed by atoms with Crippen molar-refractivity contribution in [2.24, 2.45) is 11.6 Å². The molecule has 8 heteroatoms. The van der Waals surface area contributed by atoms with Gasteiger partial charge in [0.2, 0.25) is 0 Å². The van der Waals surface area contributed by atoms with Gasteiger partial charge in [-0.1, -0.05) is 0 Å². The maximum atomic E-state index is 11.0. The number of hydrogen-bond donors (Lipinski definition) is 3. The SMILES string of the molecule is N[C@@H](CO)C(=O)OC[C@H]1CN(N)C(=O)O1. The Morgan fingerprint density at radius 1 is 1.80 bits per heavy atom. The number of nitrogens with two attached hydrogens (primary N) is 2. The molecule has 0 aromatic heterocycles. The first-order chi connectivity index (χ1) is 7.04. The fourth-order valence-corrected chi connectivity index (χ4v) is 0.985. The summed E-state index contributed by atoms with van der Waals surface area (Å²) in [6.07, 6.45) is -1.25. The number of rotatable bonds is 4. The molecule has 1 fully saturated rings. The van der Waals surface area contributed by atoms with Crippen LogP contribution in [-0.4, -0.2) is 54.1 Å². The van der Waals surface area contributed by atoms with Crippen molar-refractivity contribution >= 4 is 12.1 Å². The van der Waals surface area contributed by atoms with E-state index in [9.17, 15) is 9.59 Å². The van der Waals surface area contributed by atoms with Gasteiger partial charge in [0.25, 0.3) is 0 Å². The minimum Gasteiger partial charge on any atom is -0.460 e. The molecule has 1 heterocycles. The molecule has 86 valence electrons. The largest absolute Gasteiger partial charge is 0.460 e. The quantitative estimate of drug-likeness (QED) is 0.272. The second kappa shape index (κ2) is 4.91. The molecule has 0 saturated carbocycles. The van der Waals surface area contributed by atoms with Crippen molar-refractivity contribution in [3.05, 3.63) is 0 Å². The Morgan fingerprint density at radius 3 is 2.93 bits per heavy atom. The van der Waals surface area contributed by atoms with E-state index in [4.69, 9.17) is 26.2 Å². The van der Waals surface area contributed by atoms with Crippen LogP contribution in [-0.2, 0) is 14.3 Å². The van der Waals surface area contributed by atoms with E-state index in [0.29, 0.717) is 0 Å². The topological polar surface area (TPSA) is 128 Å². The number of hydrogen-bond acceptors (Lipinski definition) is 7. The Bertz CT molecular complexity index is 259. The van der Waals surface area contributed by atoms with Crippen LogP contribution in [0.4, 0.5) is 4.79 Å². The fourth-order valence-electron chi connectivity index (χ4n) is 0.985. The summed E-state index contributed by atoms with van der Waals surface area (Å²) < 4.78 is 9.41. The molecule has 1 saturated heterocycles. The summed E-state index contributed by atoms with van der Waals surface area (Å²) in [6.45, 7) is -0.460. The molecular weight excluding hydrogens is 206 g/mol. The third-order valence-electron chi connectivity index (χ3n) is 1.81. The highest BCUT2D eigenvalue weighted by atomic mass is 16.6. The van der Waals surface area contributed by atoms with Gasteiger partial charge in [0.05, 0.1) is 13.2 Å². The van der Waals surface area contributed by atoms with Gasteiger partial charge in [-0.2, -0.15) is 0 Å². The number of ether oxygens (including phenoxy) is 2. The molecule has 5 N–H and O–H groups in total. The van der Waals surface area contributed by atoms with Gasteiger partial charge >= 0.3 is 12.1 Å². The summed E-state index contributed by atoms with van der Waals surface area (Å²) in [5.74, 6) is 4.47. The average molecular weight is 219 g/mol. The molecule has 0 spiro atoms. The van der Waals surface area contributed by atoms with E-state index in [1.165, 1.54) is 0 Å². The summed E-state index contributed by atoms with van der Waals surface area (Å²) in [6, 6.07) is -1.07. The molecular formula is C7H13N3O5. The van der Waals surface area contributed by atoms with E-state index in [1.807, 2.05) is 0 Å². The Hall–Kier alpha value is -1.38. The lowest BCUT2D eigenvalue weighted by atomic mass is 10.3. The monoisotopic (exact) mass is 219 g/mol. The van der Waals surface area contributed by atoms with Crippen molar-refractivity contribution in [2.75, 3.05) is 19.8 Å². The van der Waals surface area contributed by atoms with Crippen LogP contribution in [0.2, 0.25) is 0 Å². The lowest BCUT2D eigenvalue weighted by molar-refractivity contribution is -0.148. The molecule has 0 unspecified atom stereocenters. The molecule has 2 atom stereocenters. The summed E-state index contributed by atoms with van der Waals surface area (Å²) in [5.41, 5.74) is 5.19. The van der Waals surface area contributed by atoms with Gasteiger partial charge < -0.3 is 20.3 Å². The molecule has 1 amide bonds. The normalized spacial score (nSPS) is 22.5. The standard InChI is InChI=1S/C7H13N3O5/c8-5(2-11)6(12)14-3-4-1-10(9)7(13)15-4/h4-5,11H,1-3,8-9H2/t4-,5+/m1/s1. The van der Waals surface area contributed by atoms with Crippen LogP contribution in [0.1, 0.15) is 0 Å². The minimum absolute atomic E-state index is 0.119. The predicted octanol–water partition coefficient (Wildman–Crippen LogP) is -2.46. The number of amides is 1. The number of hydrazine groups is 1. The molecule has 1 aliphatic rings. The Morgan fingerprint density at radius 2 is 2.47 bits per heavy atom. The number of carbonyl (C=O) groups excluding carboxylic acids is 2. The molecule has 15 heavy (non-hydrogen) atoms. The zero-order chi connectivity index (χ0) is 11.4. The van der Waals surface area contributed by atoms with Crippen LogP contribution in [0.25, 0.3) is 0 Å². The van der Waals surface area contributed by atoms with Gasteiger partial charge in [-0.05, 0) is 0 Å². The molecule has 0 bridgehead atoms. The lowest BCUT2D eigenvalue weighted by Crippen LogP contribution is -2.37. The number of carbonyl (C=O) groups is 2. The smallest absolute Gasteiger partial charge is 0.424 e. The zero-order valence-corrected chi connectivity index (χ0v) is 7.96. The summed E-state index contributed by atoms with van der Waals surface area (Å²) in [7, 11) is 0. The van der Waals surface area contributed by atoms with Gasteiger partial charge in [0.1, 0.15) is 12.6 Å². The first-order valence-corrected chi connectivity index (χ1v) is 4.30. The third-order valence-corrected chi connectivity index (χ3v) is 1.81. The maximum Gasteiger partial charge on any atom is 0.424 e. The van der Waals surface area contributed by atoms with Crippen molar-refractivity contribution in [2.45, 2.75) is 12.1 Å². The minimum atomic E-state index is -1.07. The van der Waals surface area contributed by atoms with Crippen molar-refractivity contribution in [1.82, 2.24) is 5.01 Å². The number of aliphatic hydroxyl groups is 1. The Kier molecular flexibility index (Phi) is 3.83. The van der Waals surface area contributed by atoms with Gasteiger partial charge in [0, 0.05) is 0 Å². The predicted molar refractivity (Wildman–Crippen MR) is 47.2 cm³/mol. The second-order valence-electron chi connectivity index (χ2n) is 3.08. The van der Waals surface area contributed by atoms with Gasteiger partial charge in [-0.25, -0.2) is 15.6 Å². The van der Waals surface area contributed by atoms with E-state index in [0.717, 1.165) is 5.01 Å². The maximum absolute atomic E-state index is 11.0. The molecule has 8 nitrogen and oxygen atoms in total. The van der Waals surface area contributed by atoms with E-state index < -0.39 is 30.8 Å². The molecule has 0 aromatic carbocycles. The number of aliphatic hydroxyl groups excluding tert-OH is 1. The van der Waals surface area contributed by atoms with Crippen molar-refractivity contribution in [3.8, 4) is 0 Å². The van der Waals surface area contributed by atoms with E-state index in [1.54, 1.807) is 0 Å². The van der Waals surface area contributed by atoms with Crippen LogP contribution >= 0.6 is 0 Å². The highest BCUT2D eigenvalue weighted by molar-refractivity contribution is 5.75. The number of nitrogens with zero attached hydrogens (tertiary/aromatic N) is 1. The Labute approximate surface area is 85.7 Å². The third kappa shape index (κ3) is 3.05. The van der Waals surface area contributed by atoms with Gasteiger partial charge in [0.15, 0.2) is 6.10 Å². The molecule has 1 rings (SSSR count). The fraction of sp³-hybridized carbons (Fsp3) is 0.714. The number of cyclic esters (lactones) is 1. The molecule has 0 aromatic rings. The zero-order valence-electron chi connectivity index (χ0n) is 7.96. The van der Waals surface area contributed by atoms with E-state index in [2.05, 4.69) is 0 Å². The van der Waals surface area contributed by atoms with E-state index in [-0.39, 0.29) is 13.2 Å². The summed E-state index contributed by atoms with van der Waals surface area (Å²) in [5, 5.41) is 9.42. The molecule has 0 aliphatic carbocycles. The first-order valence-electron chi connectivity index (χ1n) is 4.30. The molecule has 1 aliphatic heterocycles. The van der Waals surface area contributed by atoms with Gasteiger partial charge in [-0.15, -0.1) is 0 Å². The molecule has 0 radical (unpaired) electrons. The first kappa shape index (κ1) is 11.7.